The van der Waals surface area contributed by atoms with Crippen molar-refractivity contribution < 1.29 is 9.13 Å². The van der Waals surface area contributed by atoms with Crippen LogP contribution >= 0.6 is 0 Å². The summed E-state index contributed by atoms with van der Waals surface area (Å²) in [5.74, 6) is -0.151. The van der Waals surface area contributed by atoms with Crippen molar-refractivity contribution in [3.63, 3.8) is 0 Å². The number of nitrogens with one attached hydrogen (secondary N) is 1. The van der Waals surface area contributed by atoms with Gasteiger partial charge in [-0.05, 0) is 30.9 Å². The van der Waals surface area contributed by atoms with E-state index in [1.807, 2.05) is 6.07 Å². The molecule has 1 N–H and O–H groups in total. The number of rotatable bonds is 4. The highest BCUT2D eigenvalue weighted by atomic mass is 19.1. The van der Waals surface area contributed by atoms with Gasteiger partial charge in [0.05, 0.1) is 11.7 Å². The Morgan fingerprint density at radius 1 is 1.37 bits per heavy atom. The summed E-state index contributed by atoms with van der Waals surface area (Å²) in [6.45, 7) is 0.718. The topological polar surface area (TPSA) is 68.8 Å². The van der Waals surface area contributed by atoms with E-state index in [4.69, 9.17) is 15.3 Å². The first-order chi connectivity index (χ1) is 9.17. The lowest BCUT2D eigenvalue weighted by Gasteiger charge is -2.34. The minimum atomic E-state index is -0.660. The number of benzene rings is 1. The van der Waals surface area contributed by atoms with E-state index >= 15 is 0 Å². The van der Waals surface area contributed by atoms with Gasteiger partial charge in [-0.3, -0.25) is 0 Å². The first-order valence-electron chi connectivity index (χ1n) is 6.08. The molecule has 0 heterocycles. The van der Waals surface area contributed by atoms with Crippen LogP contribution in [0.1, 0.15) is 24.0 Å². The molecule has 0 aromatic heterocycles. The maximum atomic E-state index is 13.6. The first-order valence-corrected chi connectivity index (χ1v) is 6.08. The van der Waals surface area contributed by atoms with Crippen molar-refractivity contribution in [2.45, 2.75) is 18.9 Å². The van der Waals surface area contributed by atoms with Crippen molar-refractivity contribution in [3.05, 3.63) is 29.1 Å². The molecule has 19 heavy (non-hydrogen) atoms. The maximum absolute atomic E-state index is 13.6. The standard InChI is InChI=1S/C14H14FN3O/c1-19-12-2-9(3-12)8-18-11-4-10(6-16)13(7-17)14(15)5-11/h4-5,9,12,18H,2-3,8H2,1H3. The molecule has 1 saturated carbocycles. The lowest BCUT2D eigenvalue weighted by Crippen LogP contribution is -2.34. The largest absolute Gasteiger partial charge is 0.385 e. The molecular weight excluding hydrogens is 245 g/mol. The van der Waals surface area contributed by atoms with Gasteiger partial charge in [0.25, 0.3) is 0 Å². The fourth-order valence-electron chi connectivity index (χ4n) is 2.21. The van der Waals surface area contributed by atoms with Crippen molar-refractivity contribution >= 4 is 5.69 Å². The summed E-state index contributed by atoms with van der Waals surface area (Å²) in [6, 6.07) is 6.30. The van der Waals surface area contributed by atoms with Crippen molar-refractivity contribution in [1.29, 1.82) is 10.5 Å². The Bertz CT molecular complexity index is 553. The zero-order valence-electron chi connectivity index (χ0n) is 10.6. The van der Waals surface area contributed by atoms with Gasteiger partial charge in [0.2, 0.25) is 0 Å². The summed E-state index contributed by atoms with van der Waals surface area (Å²) >= 11 is 0. The molecule has 0 unspecified atom stereocenters. The summed E-state index contributed by atoms with van der Waals surface area (Å²) < 4.78 is 18.8. The fraction of sp³-hybridized carbons (Fsp3) is 0.429. The SMILES string of the molecule is COC1CC(CNc2cc(F)c(C#N)c(C#N)c2)C1. The Balaban J connectivity index is 2.01. The number of methoxy groups -OCH3 is 1. The number of nitrogens with zero attached hydrogens (tertiary/aromatic N) is 2. The van der Waals surface area contributed by atoms with E-state index in [1.165, 1.54) is 12.1 Å². The Hall–Kier alpha value is -2.11. The molecule has 4 nitrogen and oxygen atoms in total. The second kappa shape index (κ2) is 5.69. The molecule has 0 radical (unpaired) electrons. The highest BCUT2D eigenvalue weighted by molar-refractivity contribution is 5.57. The van der Waals surface area contributed by atoms with Crippen LogP contribution in [0.5, 0.6) is 0 Å². The second-order valence-electron chi connectivity index (χ2n) is 4.68. The molecule has 0 spiro atoms. The third-order valence-electron chi connectivity index (χ3n) is 3.44. The van der Waals surface area contributed by atoms with E-state index < -0.39 is 5.82 Å². The molecule has 1 aliphatic rings. The van der Waals surface area contributed by atoms with E-state index in [1.54, 1.807) is 13.2 Å². The van der Waals surface area contributed by atoms with Gasteiger partial charge in [-0.1, -0.05) is 0 Å². The van der Waals surface area contributed by atoms with Crippen LogP contribution in [0.15, 0.2) is 12.1 Å². The monoisotopic (exact) mass is 259 g/mol. The van der Waals surface area contributed by atoms with Gasteiger partial charge in [0.1, 0.15) is 23.5 Å². The second-order valence-corrected chi connectivity index (χ2v) is 4.68. The Labute approximate surface area is 111 Å². The number of nitriles is 2. The molecule has 0 amide bonds. The lowest BCUT2D eigenvalue weighted by atomic mass is 9.82. The van der Waals surface area contributed by atoms with Gasteiger partial charge in [-0.25, -0.2) is 4.39 Å². The summed E-state index contributed by atoms with van der Waals surface area (Å²) in [5.41, 5.74) is 0.401. The van der Waals surface area contributed by atoms with Gasteiger partial charge < -0.3 is 10.1 Å². The van der Waals surface area contributed by atoms with Crippen LogP contribution in [0, 0.1) is 34.4 Å². The number of anilines is 1. The van der Waals surface area contributed by atoms with Crippen molar-refractivity contribution in [1.82, 2.24) is 0 Å². The van der Waals surface area contributed by atoms with Crippen molar-refractivity contribution in [2.75, 3.05) is 19.0 Å². The minimum Gasteiger partial charge on any atom is -0.385 e. The number of hydrogen-bond donors (Lipinski definition) is 1. The summed E-state index contributed by atoms with van der Waals surface area (Å²) in [4.78, 5) is 0. The molecule has 1 aromatic rings. The smallest absolute Gasteiger partial charge is 0.144 e. The van der Waals surface area contributed by atoms with Crippen LogP contribution < -0.4 is 5.32 Å². The van der Waals surface area contributed by atoms with Crippen LogP contribution in [0.4, 0.5) is 10.1 Å². The molecular formula is C14H14FN3O. The maximum Gasteiger partial charge on any atom is 0.144 e. The first kappa shape index (κ1) is 13.3. The summed E-state index contributed by atoms with van der Waals surface area (Å²) in [6.07, 6.45) is 2.32. The molecule has 1 aliphatic carbocycles. The van der Waals surface area contributed by atoms with Crippen molar-refractivity contribution in [3.8, 4) is 12.1 Å². The van der Waals surface area contributed by atoms with Gasteiger partial charge >= 0.3 is 0 Å². The Morgan fingerprint density at radius 2 is 2.11 bits per heavy atom. The van der Waals surface area contributed by atoms with E-state index in [-0.39, 0.29) is 11.1 Å². The quantitative estimate of drug-likeness (QED) is 0.901. The summed E-state index contributed by atoms with van der Waals surface area (Å²) in [5, 5.41) is 20.8. The van der Waals surface area contributed by atoms with Crippen LogP contribution in [-0.2, 0) is 4.74 Å². The van der Waals surface area contributed by atoms with Gasteiger partial charge in [0, 0.05) is 19.3 Å². The number of hydrogen-bond acceptors (Lipinski definition) is 4. The van der Waals surface area contributed by atoms with Gasteiger partial charge in [-0.15, -0.1) is 0 Å². The van der Waals surface area contributed by atoms with E-state index in [2.05, 4.69) is 5.32 Å². The predicted molar refractivity (Wildman–Crippen MR) is 67.8 cm³/mol. The zero-order chi connectivity index (χ0) is 13.8. The number of halogens is 1. The minimum absolute atomic E-state index is 0.0633. The Morgan fingerprint density at radius 3 is 2.68 bits per heavy atom. The van der Waals surface area contributed by atoms with Crippen LogP contribution in [0.2, 0.25) is 0 Å². The van der Waals surface area contributed by atoms with Crippen molar-refractivity contribution in [2.24, 2.45) is 5.92 Å². The summed E-state index contributed by atoms with van der Waals surface area (Å²) in [7, 11) is 1.70. The van der Waals surface area contributed by atoms with Crippen LogP contribution in [0.3, 0.4) is 0 Å². The lowest BCUT2D eigenvalue weighted by molar-refractivity contribution is 0.00563. The third kappa shape index (κ3) is 2.83. The normalized spacial score (nSPS) is 21.1. The number of ether oxygens (including phenoxy) is 1. The van der Waals surface area contributed by atoms with Crippen LogP contribution in [-0.4, -0.2) is 19.8 Å². The zero-order valence-corrected chi connectivity index (χ0v) is 10.6. The van der Waals surface area contributed by atoms with E-state index in [0.717, 1.165) is 19.4 Å². The molecule has 1 aromatic carbocycles. The molecule has 0 atom stereocenters. The third-order valence-corrected chi connectivity index (χ3v) is 3.44. The average molecular weight is 259 g/mol. The van der Waals surface area contributed by atoms with E-state index in [0.29, 0.717) is 17.7 Å². The molecule has 0 bridgehead atoms. The fourth-order valence-corrected chi connectivity index (χ4v) is 2.21. The highest BCUT2D eigenvalue weighted by Crippen LogP contribution is 2.30. The molecule has 0 saturated heterocycles. The molecule has 1 fully saturated rings. The van der Waals surface area contributed by atoms with Gasteiger partial charge in [-0.2, -0.15) is 10.5 Å². The Kier molecular flexibility index (Phi) is 3.99. The van der Waals surface area contributed by atoms with Gasteiger partial charge in [0.15, 0.2) is 0 Å². The highest BCUT2D eigenvalue weighted by Gasteiger charge is 2.28. The molecule has 98 valence electrons. The predicted octanol–water partition coefficient (Wildman–Crippen LogP) is 2.41. The van der Waals surface area contributed by atoms with Crippen LogP contribution in [0.25, 0.3) is 0 Å². The molecule has 5 heteroatoms. The molecule has 0 aliphatic heterocycles. The average Bonchev–Trinajstić information content (AvgIpc) is 2.36. The molecule has 2 rings (SSSR count). The van der Waals surface area contributed by atoms with E-state index in [9.17, 15) is 4.39 Å².